The highest BCUT2D eigenvalue weighted by atomic mass is 16.5. The summed E-state index contributed by atoms with van der Waals surface area (Å²) in [6, 6.07) is 8.32. The van der Waals surface area contributed by atoms with Crippen LogP contribution < -0.4 is 5.73 Å². The van der Waals surface area contributed by atoms with Crippen molar-refractivity contribution in [3.63, 3.8) is 0 Å². The van der Waals surface area contributed by atoms with E-state index in [0.29, 0.717) is 19.7 Å². The molecule has 0 bridgehead atoms. The molecule has 3 rings (SSSR count). The Bertz CT molecular complexity index is 476. The van der Waals surface area contributed by atoms with Gasteiger partial charge in [0.2, 0.25) is 5.91 Å². The molecular weight excluding hydrogens is 252 g/mol. The van der Waals surface area contributed by atoms with Gasteiger partial charge in [0.1, 0.15) is 0 Å². The molecule has 4 nitrogen and oxygen atoms in total. The van der Waals surface area contributed by atoms with Crippen molar-refractivity contribution in [1.29, 1.82) is 0 Å². The maximum Gasteiger partial charge on any atom is 0.226 e. The van der Waals surface area contributed by atoms with E-state index in [2.05, 4.69) is 12.1 Å². The Kier molecular flexibility index (Phi) is 3.76. The topological polar surface area (TPSA) is 55.6 Å². The van der Waals surface area contributed by atoms with Crippen LogP contribution in [-0.4, -0.2) is 42.6 Å². The third-order valence-electron chi connectivity index (χ3n) is 4.39. The molecule has 1 amide bonds. The van der Waals surface area contributed by atoms with Crippen molar-refractivity contribution >= 4 is 5.91 Å². The molecule has 2 aliphatic rings. The van der Waals surface area contributed by atoms with E-state index >= 15 is 0 Å². The molecule has 4 heteroatoms. The Morgan fingerprint density at radius 2 is 2.00 bits per heavy atom. The lowest BCUT2D eigenvalue weighted by Crippen LogP contribution is -2.52. The Balaban J connectivity index is 1.66. The van der Waals surface area contributed by atoms with E-state index in [1.54, 1.807) is 0 Å². The van der Waals surface area contributed by atoms with Gasteiger partial charge in [-0.15, -0.1) is 0 Å². The molecule has 20 heavy (non-hydrogen) atoms. The first-order valence-corrected chi connectivity index (χ1v) is 7.38. The average Bonchev–Trinajstić information content (AvgIpc) is 2.90. The van der Waals surface area contributed by atoms with E-state index in [0.717, 1.165) is 12.8 Å². The van der Waals surface area contributed by atoms with Crippen LogP contribution in [-0.2, 0) is 22.4 Å². The van der Waals surface area contributed by atoms with Gasteiger partial charge < -0.3 is 15.4 Å². The Hall–Kier alpha value is -1.39. The van der Waals surface area contributed by atoms with E-state index in [1.807, 2.05) is 24.0 Å². The van der Waals surface area contributed by atoms with Crippen LogP contribution in [0.25, 0.3) is 0 Å². The van der Waals surface area contributed by atoms with Crippen LogP contribution in [0.1, 0.15) is 18.1 Å². The van der Waals surface area contributed by atoms with Crippen LogP contribution in [0.4, 0.5) is 0 Å². The second kappa shape index (κ2) is 5.54. The second-order valence-corrected chi connectivity index (χ2v) is 5.93. The van der Waals surface area contributed by atoms with Crippen molar-refractivity contribution in [2.24, 2.45) is 11.7 Å². The van der Waals surface area contributed by atoms with Crippen LogP contribution in [0.2, 0.25) is 0 Å². The van der Waals surface area contributed by atoms with Gasteiger partial charge in [-0.25, -0.2) is 0 Å². The molecule has 1 aliphatic heterocycles. The number of carbonyl (C=O) groups excluding carboxylic acids is 1. The molecule has 2 atom stereocenters. The fraction of sp³-hybridized carbons (Fsp3) is 0.562. The Labute approximate surface area is 119 Å². The fourth-order valence-corrected chi connectivity index (χ4v) is 3.19. The summed E-state index contributed by atoms with van der Waals surface area (Å²) < 4.78 is 5.63. The summed E-state index contributed by atoms with van der Waals surface area (Å²) in [6.45, 7) is 3.85. The quantitative estimate of drug-likeness (QED) is 0.874. The van der Waals surface area contributed by atoms with Crippen LogP contribution in [0.15, 0.2) is 24.3 Å². The molecule has 0 aromatic heterocycles. The Morgan fingerprint density at radius 1 is 1.35 bits per heavy atom. The minimum absolute atomic E-state index is 0.0310. The van der Waals surface area contributed by atoms with Gasteiger partial charge in [-0.1, -0.05) is 24.3 Å². The van der Waals surface area contributed by atoms with Crippen molar-refractivity contribution in [3.8, 4) is 0 Å². The number of amides is 1. The molecule has 1 aromatic rings. The summed E-state index contributed by atoms with van der Waals surface area (Å²) in [5, 5.41) is 0. The summed E-state index contributed by atoms with van der Waals surface area (Å²) in [6.07, 6.45) is 1.71. The fourth-order valence-electron chi connectivity index (χ4n) is 3.19. The minimum Gasteiger partial charge on any atom is -0.373 e. The standard InChI is InChI=1S/C16H22N2O2/c1-11(17)15-10-18(6-7-20-15)16(19)14-8-12-4-2-3-5-13(12)9-14/h2-5,11,14-15H,6-10,17H2,1H3. The molecule has 0 saturated carbocycles. The number of fused-ring (bicyclic) bond motifs is 1. The smallest absolute Gasteiger partial charge is 0.226 e. The minimum atomic E-state index is -0.0358. The van der Waals surface area contributed by atoms with Crippen LogP contribution in [0.5, 0.6) is 0 Å². The average molecular weight is 274 g/mol. The predicted molar refractivity (Wildman–Crippen MR) is 77.3 cm³/mol. The second-order valence-electron chi connectivity index (χ2n) is 5.93. The van der Waals surface area contributed by atoms with Gasteiger partial charge in [-0.2, -0.15) is 0 Å². The molecule has 1 fully saturated rings. The number of nitrogens with zero attached hydrogens (tertiary/aromatic N) is 1. The van der Waals surface area contributed by atoms with Crippen molar-refractivity contribution in [1.82, 2.24) is 4.90 Å². The molecule has 2 N–H and O–H groups in total. The van der Waals surface area contributed by atoms with Crippen LogP contribution in [0.3, 0.4) is 0 Å². The lowest BCUT2D eigenvalue weighted by atomic mass is 10.0. The van der Waals surface area contributed by atoms with Crippen molar-refractivity contribution in [2.75, 3.05) is 19.7 Å². The largest absolute Gasteiger partial charge is 0.373 e. The molecule has 1 aliphatic carbocycles. The van der Waals surface area contributed by atoms with Gasteiger partial charge in [-0.05, 0) is 30.9 Å². The number of hydrogen-bond donors (Lipinski definition) is 1. The van der Waals surface area contributed by atoms with Gasteiger partial charge in [0.05, 0.1) is 12.7 Å². The maximum absolute atomic E-state index is 12.7. The maximum atomic E-state index is 12.7. The highest BCUT2D eigenvalue weighted by molar-refractivity contribution is 5.80. The molecule has 1 aromatic carbocycles. The number of ether oxygens (including phenoxy) is 1. The molecule has 2 unspecified atom stereocenters. The molecule has 1 heterocycles. The third kappa shape index (κ3) is 2.58. The third-order valence-corrected chi connectivity index (χ3v) is 4.39. The van der Waals surface area contributed by atoms with E-state index in [-0.39, 0.29) is 24.0 Å². The number of benzene rings is 1. The summed E-state index contributed by atoms with van der Waals surface area (Å²) in [5.41, 5.74) is 8.53. The van der Waals surface area contributed by atoms with E-state index in [9.17, 15) is 4.79 Å². The molecule has 1 saturated heterocycles. The lowest BCUT2D eigenvalue weighted by molar-refractivity contribution is -0.143. The summed E-state index contributed by atoms with van der Waals surface area (Å²) in [4.78, 5) is 14.6. The first-order valence-electron chi connectivity index (χ1n) is 7.38. The van der Waals surface area contributed by atoms with Gasteiger partial charge in [-0.3, -0.25) is 4.79 Å². The molecular formula is C16H22N2O2. The lowest BCUT2D eigenvalue weighted by Gasteiger charge is -2.36. The zero-order valence-corrected chi connectivity index (χ0v) is 11.9. The first kappa shape index (κ1) is 13.6. The highest BCUT2D eigenvalue weighted by Crippen LogP contribution is 2.28. The van der Waals surface area contributed by atoms with Crippen molar-refractivity contribution < 1.29 is 9.53 Å². The van der Waals surface area contributed by atoms with Gasteiger partial charge in [0, 0.05) is 25.0 Å². The normalized spacial score (nSPS) is 24.5. The monoisotopic (exact) mass is 274 g/mol. The first-order chi connectivity index (χ1) is 9.65. The van der Waals surface area contributed by atoms with Crippen LogP contribution >= 0.6 is 0 Å². The number of hydrogen-bond acceptors (Lipinski definition) is 3. The van der Waals surface area contributed by atoms with Crippen molar-refractivity contribution in [3.05, 3.63) is 35.4 Å². The predicted octanol–water partition coefficient (Wildman–Crippen LogP) is 0.976. The van der Waals surface area contributed by atoms with Crippen molar-refractivity contribution in [2.45, 2.75) is 31.9 Å². The summed E-state index contributed by atoms with van der Waals surface area (Å²) in [5.74, 6) is 0.356. The highest BCUT2D eigenvalue weighted by Gasteiger charge is 2.33. The van der Waals surface area contributed by atoms with Gasteiger partial charge >= 0.3 is 0 Å². The molecule has 108 valence electrons. The molecule has 0 spiro atoms. The zero-order valence-electron chi connectivity index (χ0n) is 11.9. The van der Waals surface area contributed by atoms with Gasteiger partial charge in [0.15, 0.2) is 0 Å². The summed E-state index contributed by atoms with van der Waals surface area (Å²) >= 11 is 0. The summed E-state index contributed by atoms with van der Waals surface area (Å²) in [7, 11) is 0. The SMILES string of the molecule is CC(N)C1CN(C(=O)C2Cc3ccccc3C2)CCO1. The number of morpholine rings is 1. The number of carbonyl (C=O) groups is 1. The number of rotatable bonds is 2. The molecule has 0 radical (unpaired) electrons. The van der Waals surface area contributed by atoms with E-state index in [1.165, 1.54) is 11.1 Å². The Morgan fingerprint density at radius 3 is 2.60 bits per heavy atom. The zero-order chi connectivity index (χ0) is 14.1. The van der Waals surface area contributed by atoms with Gasteiger partial charge in [0.25, 0.3) is 0 Å². The van der Waals surface area contributed by atoms with E-state index in [4.69, 9.17) is 10.5 Å². The number of nitrogens with two attached hydrogens (primary N) is 1. The van der Waals surface area contributed by atoms with Crippen LogP contribution in [0, 0.1) is 5.92 Å². The van der Waals surface area contributed by atoms with E-state index < -0.39 is 0 Å².